The van der Waals surface area contributed by atoms with Crippen LogP contribution < -0.4 is 5.73 Å². The molecule has 2 N–H and O–H groups in total. The molecular weight excluding hydrogens is 206 g/mol. The van der Waals surface area contributed by atoms with E-state index in [1.54, 1.807) is 0 Å². The van der Waals surface area contributed by atoms with Crippen LogP contribution in [0.4, 0.5) is 5.69 Å². The van der Waals surface area contributed by atoms with Gasteiger partial charge in [-0.05, 0) is 42.9 Å². The first kappa shape index (κ1) is 12.2. The first-order valence-corrected chi connectivity index (χ1v) is 6.37. The van der Waals surface area contributed by atoms with Gasteiger partial charge < -0.3 is 5.73 Å². The molecule has 0 heterocycles. The summed E-state index contributed by atoms with van der Waals surface area (Å²) >= 11 is 0. The third-order valence-electron chi connectivity index (χ3n) is 4.62. The minimum atomic E-state index is 0.209. The molecule has 1 aliphatic rings. The maximum atomic E-state index is 5.78. The van der Waals surface area contributed by atoms with Gasteiger partial charge in [-0.2, -0.15) is 0 Å². The summed E-state index contributed by atoms with van der Waals surface area (Å²) in [4.78, 5) is 0. The van der Waals surface area contributed by atoms with Gasteiger partial charge in [0.25, 0.3) is 0 Å². The molecule has 0 amide bonds. The zero-order valence-corrected chi connectivity index (χ0v) is 11.4. The summed E-state index contributed by atoms with van der Waals surface area (Å²) in [7, 11) is 0. The number of hydrogen-bond donors (Lipinski definition) is 1. The van der Waals surface area contributed by atoms with Gasteiger partial charge in [0.2, 0.25) is 0 Å². The molecule has 0 aromatic heterocycles. The fraction of sp³-hybridized carbons (Fsp3) is 0.500. The van der Waals surface area contributed by atoms with Crippen molar-refractivity contribution in [3.8, 4) is 0 Å². The number of nitrogens with two attached hydrogens (primary N) is 1. The molecule has 92 valence electrons. The molecule has 1 atom stereocenters. The Hall–Kier alpha value is -1.24. The monoisotopic (exact) mass is 229 g/mol. The zero-order valence-electron chi connectivity index (χ0n) is 11.4. The normalized spacial score (nSPS) is 27.6. The highest BCUT2D eigenvalue weighted by Gasteiger charge is 2.43. The van der Waals surface area contributed by atoms with E-state index >= 15 is 0 Å². The van der Waals surface area contributed by atoms with Crippen molar-refractivity contribution in [2.75, 3.05) is 5.73 Å². The lowest BCUT2D eigenvalue weighted by molar-refractivity contribution is 0.165. The van der Waals surface area contributed by atoms with Crippen molar-refractivity contribution in [1.29, 1.82) is 0 Å². The van der Waals surface area contributed by atoms with Crippen molar-refractivity contribution in [1.82, 2.24) is 0 Å². The van der Waals surface area contributed by atoms with E-state index in [2.05, 4.69) is 45.9 Å². The molecule has 0 saturated carbocycles. The standard InChI is InChI=1S/C16H23N/c1-12-9-10-16(4,15(2,3)11-12)13-5-7-14(17)8-6-13/h5-9H,10-11,17H2,1-4H3. The fourth-order valence-electron chi connectivity index (χ4n) is 2.98. The zero-order chi connectivity index (χ0) is 12.7. The molecule has 17 heavy (non-hydrogen) atoms. The molecule has 0 aliphatic heterocycles. The van der Waals surface area contributed by atoms with Gasteiger partial charge in [-0.25, -0.2) is 0 Å². The van der Waals surface area contributed by atoms with Crippen LogP contribution in [0.15, 0.2) is 35.9 Å². The van der Waals surface area contributed by atoms with Gasteiger partial charge in [0.15, 0.2) is 0 Å². The SMILES string of the molecule is CC1=CCC(C)(c2ccc(N)cc2)C(C)(C)C1. The summed E-state index contributed by atoms with van der Waals surface area (Å²) in [5.41, 5.74) is 10.0. The molecule has 1 heteroatoms. The molecule has 2 rings (SSSR count). The van der Waals surface area contributed by atoms with Gasteiger partial charge in [-0.1, -0.05) is 44.6 Å². The Morgan fingerprint density at radius 2 is 1.65 bits per heavy atom. The molecule has 0 bridgehead atoms. The van der Waals surface area contributed by atoms with Gasteiger partial charge in [0.05, 0.1) is 0 Å². The average Bonchev–Trinajstić information content (AvgIpc) is 2.24. The Morgan fingerprint density at radius 1 is 1.06 bits per heavy atom. The lowest BCUT2D eigenvalue weighted by Gasteiger charge is -2.48. The first-order chi connectivity index (χ1) is 7.85. The Balaban J connectivity index is 2.45. The number of anilines is 1. The Kier molecular flexibility index (Phi) is 2.81. The largest absolute Gasteiger partial charge is 0.399 e. The molecule has 0 fully saturated rings. The maximum absolute atomic E-state index is 5.78. The fourth-order valence-corrected chi connectivity index (χ4v) is 2.98. The van der Waals surface area contributed by atoms with Gasteiger partial charge >= 0.3 is 0 Å². The smallest absolute Gasteiger partial charge is 0.0314 e. The van der Waals surface area contributed by atoms with Crippen molar-refractivity contribution >= 4 is 5.69 Å². The van der Waals surface area contributed by atoms with Gasteiger partial charge in [0, 0.05) is 11.1 Å². The van der Waals surface area contributed by atoms with Crippen LogP contribution in [0.3, 0.4) is 0 Å². The minimum Gasteiger partial charge on any atom is -0.399 e. The summed E-state index contributed by atoms with van der Waals surface area (Å²) in [5.74, 6) is 0. The van der Waals surface area contributed by atoms with E-state index in [-0.39, 0.29) is 5.41 Å². The number of nitrogen functional groups attached to an aromatic ring is 1. The Morgan fingerprint density at radius 3 is 2.18 bits per heavy atom. The van der Waals surface area contributed by atoms with E-state index in [0.717, 1.165) is 12.1 Å². The number of rotatable bonds is 1. The van der Waals surface area contributed by atoms with Crippen LogP contribution in [0.1, 0.15) is 46.1 Å². The second-order valence-electron chi connectivity index (χ2n) is 6.27. The molecule has 0 spiro atoms. The highest BCUT2D eigenvalue weighted by Crippen LogP contribution is 2.51. The van der Waals surface area contributed by atoms with Crippen molar-refractivity contribution in [3.05, 3.63) is 41.5 Å². The highest BCUT2D eigenvalue weighted by atomic mass is 14.5. The van der Waals surface area contributed by atoms with E-state index < -0.39 is 0 Å². The molecule has 1 aliphatic carbocycles. The minimum absolute atomic E-state index is 0.209. The molecule has 0 saturated heterocycles. The summed E-state index contributed by atoms with van der Waals surface area (Å²) in [6.45, 7) is 9.37. The molecule has 1 nitrogen and oxygen atoms in total. The molecule has 1 aromatic rings. The van der Waals surface area contributed by atoms with Crippen LogP contribution in [0.25, 0.3) is 0 Å². The van der Waals surface area contributed by atoms with Gasteiger partial charge in [0.1, 0.15) is 0 Å². The van der Waals surface area contributed by atoms with E-state index in [1.165, 1.54) is 17.6 Å². The van der Waals surface area contributed by atoms with Gasteiger partial charge in [-0.15, -0.1) is 0 Å². The van der Waals surface area contributed by atoms with Crippen molar-refractivity contribution in [2.24, 2.45) is 5.41 Å². The van der Waals surface area contributed by atoms with Gasteiger partial charge in [-0.3, -0.25) is 0 Å². The van der Waals surface area contributed by atoms with Crippen LogP contribution in [0.5, 0.6) is 0 Å². The van der Waals surface area contributed by atoms with E-state index in [4.69, 9.17) is 5.73 Å². The van der Waals surface area contributed by atoms with Crippen molar-refractivity contribution in [2.45, 2.75) is 46.0 Å². The summed E-state index contributed by atoms with van der Waals surface area (Å²) in [6.07, 6.45) is 4.69. The van der Waals surface area contributed by atoms with Crippen molar-refractivity contribution in [3.63, 3.8) is 0 Å². The third-order valence-corrected chi connectivity index (χ3v) is 4.62. The molecule has 1 aromatic carbocycles. The third kappa shape index (κ3) is 1.99. The van der Waals surface area contributed by atoms with Crippen LogP contribution >= 0.6 is 0 Å². The predicted molar refractivity (Wildman–Crippen MR) is 75.0 cm³/mol. The average molecular weight is 229 g/mol. The lowest BCUT2D eigenvalue weighted by atomic mass is 9.56. The quantitative estimate of drug-likeness (QED) is 0.564. The molecular formula is C16H23N. The predicted octanol–water partition coefficient (Wildman–Crippen LogP) is 4.29. The van der Waals surface area contributed by atoms with Crippen LogP contribution in [-0.4, -0.2) is 0 Å². The van der Waals surface area contributed by atoms with Crippen molar-refractivity contribution < 1.29 is 0 Å². The summed E-state index contributed by atoms with van der Waals surface area (Å²) < 4.78 is 0. The van der Waals surface area contributed by atoms with Crippen LogP contribution in [0, 0.1) is 5.41 Å². The number of hydrogen-bond acceptors (Lipinski definition) is 1. The first-order valence-electron chi connectivity index (χ1n) is 6.37. The van der Waals surface area contributed by atoms with E-state index in [9.17, 15) is 0 Å². The topological polar surface area (TPSA) is 26.0 Å². The van der Waals surface area contributed by atoms with Crippen LogP contribution in [0.2, 0.25) is 0 Å². The second-order valence-corrected chi connectivity index (χ2v) is 6.27. The number of benzene rings is 1. The Labute approximate surface area is 105 Å². The maximum Gasteiger partial charge on any atom is 0.0314 e. The number of allylic oxidation sites excluding steroid dienone is 2. The van der Waals surface area contributed by atoms with E-state index in [1.807, 2.05) is 12.1 Å². The molecule has 1 unspecified atom stereocenters. The molecule has 0 radical (unpaired) electrons. The Bertz CT molecular complexity index is 439. The van der Waals surface area contributed by atoms with E-state index in [0.29, 0.717) is 5.41 Å². The summed E-state index contributed by atoms with van der Waals surface area (Å²) in [6, 6.07) is 8.40. The summed E-state index contributed by atoms with van der Waals surface area (Å²) in [5, 5.41) is 0. The van der Waals surface area contributed by atoms with Crippen LogP contribution in [-0.2, 0) is 5.41 Å². The lowest BCUT2D eigenvalue weighted by Crippen LogP contribution is -2.41. The highest BCUT2D eigenvalue weighted by molar-refractivity contribution is 5.43. The second kappa shape index (κ2) is 3.90.